The molecular formula is C13H6F5N2O3-. The summed E-state index contributed by atoms with van der Waals surface area (Å²) in [6.07, 6.45) is -4.39. The number of nitrogens with one attached hydrogen (secondary N) is 1. The Bertz CT molecular complexity index is 749. The highest BCUT2D eigenvalue weighted by molar-refractivity contribution is 5.96. The minimum atomic E-state index is -4.86. The summed E-state index contributed by atoms with van der Waals surface area (Å²) in [5.41, 5.74) is -1.12. The fourth-order valence-corrected chi connectivity index (χ4v) is 1.58. The topological polar surface area (TPSA) is 74.3 Å². The normalized spacial score (nSPS) is 11.2. The molecule has 0 aliphatic rings. The van der Waals surface area contributed by atoms with Crippen LogP contribution in [0.25, 0.3) is 0 Å². The molecule has 5 nitrogen and oxygen atoms in total. The smallest absolute Gasteiger partial charge is 0.433 e. The van der Waals surface area contributed by atoms with Crippen molar-refractivity contribution in [2.24, 2.45) is 0 Å². The van der Waals surface area contributed by atoms with Gasteiger partial charge in [-0.2, -0.15) is 13.2 Å². The SMILES string of the molecule is O=C(N[O-])c1cnc(C(F)(F)F)cc1Oc1ccc(F)cc1F. The van der Waals surface area contributed by atoms with Crippen LogP contribution in [0.1, 0.15) is 16.1 Å². The molecule has 0 spiro atoms. The molecule has 1 aromatic heterocycles. The summed E-state index contributed by atoms with van der Waals surface area (Å²) in [5, 5.41) is 10.4. The van der Waals surface area contributed by atoms with E-state index in [1.165, 1.54) is 0 Å². The zero-order valence-electron chi connectivity index (χ0n) is 10.9. The van der Waals surface area contributed by atoms with Gasteiger partial charge in [0.15, 0.2) is 11.6 Å². The molecule has 0 saturated carbocycles. The van der Waals surface area contributed by atoms with Crippen molar-refractivity contribution in [3.8, 4) is 11.5 Å². The van der Waals surface area contributed by atoms with E-state index in [0.29, 0.717) is 18.3 Å². The number of amides is 1. The van der Waals surface area contributed by atoms with Crippen LogP contribution in [-0.2, 0) is 6.18 Å². The number of rotatable bonds is 3. The molecule has 2 aromatic rings. The van der Waals surface area contributed by atoms with Gasteiger partial charge in [-0.15, -0.1) is 0 Å². The molecule has 0 saturated heterocycles. The summed E-state index contributed by atoms with van der Waals surface area (Å²) in [7, 11) is 0. The number of alkyl halides is 3. The van der Waals surface area contributed by atoms with Crippen LogP contribution < -0.4 is 10.2 Å². The highest BCUT2D eigenvalue weighted by Gasteiger charge is 2.34. The third-order valence-corrected chi connectivity index (χ3v) is 2.61. The maximum Gasteiger partial charge on any atom is 0.433 e. The van der Waals surface area contributed by atoms with Gasteiger partial charge in [0.05, 0.1) is 5.56 Å². The van der Waals surface area contributed by atoms with Gasteiger partial charge in [-0.25, -0.2) is 8.78 Å². The van der Waals surface area contributed by atoms with Crippen LogP contribution in [0.4, 0.5) is 22.0 Å². The molecule has 2 rings (SSSR count). The van der Waals surface area contributed by atoms with Crippen molar-refractivity contribution in [1.82, 2.24) is 10.5 Å². The Balaban J connectivity index is 2.50. The number of nitrogens with zero attached hydrogens (tertiary/aromatic N) is 1. The van der Waals surface area contributed by atoms with E-state index in [4.69, 9.17) is 4.74 Å². The van der Waals surface area contributed by atoms with Gasteiger partial charge in [0.2, 0.25) is 5.91 Å². The quantitative estimate of drug-likeness (QED) is 0.690. The van der Waals surface area contributed by atoms with E-state index in [2.05, 4.69) is 4.98 Å². The second-order valence-corrected chi connectivity index (χ2v) is 4.17. The minimum Gasteiger partial charge on any atom is -0.759 e. The van der Waals surface area contributed by atoms with Gasteiger partial charge >= 0.3 is 6.18 Å². The number of hydrogen-bond acceptors (Lipinski definition) is 4. The highest BCUT2D eigenvalue weighted by Crippen LogP contribution is 2.34. The number of carbonyl (C=O) groups is 1. The van der Waals surface area contributed by atoms with Crippen molar-refractivity contribution < 1.29 is 31.5 Å². The Kier molecular flexibility index (Phi) is 4.45. The number of benzene rings is 1. The van der Waals surface area contributed by atoms with Crippen LogP contribution in [-0.4, -0.2) is 10.9 Å². The average molecular weight is 333 g/mol. The molecule has 1 aromatic carbocycles. The lowest BCUT2D eigenvalue weighted by Crippen LogP contribution is -2.18. The van der Waals surface area contributed by atoms with Crippen LogP contribution in [0.3, 0.4) is 0 Å². The van der Waals surface area contributed by atoms with E-state index in [1.54, 1.807) is 0 Å². The number of hydroxylamine groups is 1. The molecule has 122 valence electrons. The van der Waals surface area contributed by atoms with Gasteiger partial charge in [-0.05, 0) is 12.1 Å². The fourth-order valence-electron chi connectivity index (χ4n) is 1.58. The molecule has 0 unspecified atom stereocenters. The van der Waals surface area contributed by atoms with Crippen LogP contribution >= 0.6 is 0 Å². The fraction of sp³-hybridized carbons (Fsp3) is 0.0769. The summed E-state index contributed by atoms with van der Waals surface area (Å²) in [6.45, 7) is 0. The number of aromatic nitrogens is 1. The number of ether oxygens (including phenoxy) is 1. The van der Waals surface area contributed by atoms with Gasteiger partial charge in [0.1, 0.15) is 17.3 Å². The Morgan fingerprint density at radius 3 is 2.43 bits per heavy atom. The molecule has 0 atom stereocenters. The van der Waals surface area contributed by atoms with Gasteiger partial charge in [-0.1, -0.05) is 0 Å². The van der Waals surface area contributed by atoms with Crippen molar-refractivity contribution in [2.45, 2.75) is 6.18 Å². The molecule has 0 aliphatic carbocycles. The van der Waals surface area contributed by atoms with E-state index >= 15 is 0 Å². The van der Waals surface area contributed by atoms with E-state index in [0.717, 1.165) is 17.6 Å². The first-order chi connectivity index (χ1) is 10.7. The predicted octanol–water partition coefficient (Wildman–Crippen LogP) is 3.40. The standard InChI is InChI=1S/C13H6F5N2O3/c14-6-1-2-9(8(15)3-6)23-10-4-11(13(16,17)18)19-5-7(10)12(21)20-22/h1-5H,(H-,20,21,22)/q-1. The van der Waals surface area contributed by atoms with Crippen LogP contribution in [0.2, 0.25) is 0 Å². The lowest BCUT2D eigenvalue weighted by molar-refractivity contribution is -0.141. The van der Waals surface area contributed by atoms with Crippen LogP contribution in [0.15, 0.2) is 30.5 Å². The highest BCUT2D eigenvalue weighted by atomic mass is 19.4. The molecule has 23 heavy (non-hydrogen) atoms. The Labute approximate surface area is 125 Å². The summed E-state index contributed by atoms with van der Waals surface area (Å²) >= 11 is 0. The van der Waals surface area contributed by atoms with Gasteiger partial charge in [0, 0.05) is 18.3 Å². The monoisotopic (exact) mass is 333 g/mol. The lowest BCUT2D eigenvalue weighted by atomic mass is 10.2. The summed E-state index contributed by atoms with van der Waals surface area (Å²) < 4.78 is 69.2. The first-order valence-corrected chi connectivity index (χ1v) is 5.85. The molecule has 0 aliphatic heterocycles. The van der Waals surface area contributed by atoms with Gasteiger partial charge < -0.3 is 15.4 Å². The van der Waals surface area contributed by atoms with Crippen LogP contribution in [0.5, 0.6) is 11.5 Å². The molecule has 0 fully saturated rings. The maximum absolute atomic E-state index is 13.5. The Morgan fingerprint density at radius 1 is 1.17 bits per heavy atom. The summed E-state index contributed by atoms with van der Waals surface area (Å²) in [6, 6.07) is 2.39. The third-order valence-electron chi connectivity index (χ3n) is 2.61. The second kappa shape index (κ2) is 6.16. The third kappa shape index (κ3) is 3.72. The van der Waals surface area contributed by atoms with Gasteiger partial charge in [-0.3, -0.25) is 9.78 Å². The van der Waals surface area contributed by atoms with E-state index in [1.807, 2.05) is 0 Å². The number of carbonyl (C=O) groups excluding carboxylic acids is 1. The second-order valence-electron chi connectivity index (χ2n) is 4.17. The number of hydrogen-bond donors (Lipinski definition) is 1. The first-order valence-electron chi connectivity index (χ1n) is 5.85. The van der Waals surface area contributed by atoms with E-state index in [-0.39, 0.29) is 0 Å². The summed E-state index contributed by atoms with van der Waals surface area (Å²) in [5.74, 6) is -4.86. The van der Waals surface area contributed by atoms with E-state index in [9.17, 15) is 32.0 Å². The van der Waals surface area contributed by atoms with Crippen molar-refractivity contribution in [2.75, 3.05) is 0 Å². The minimum absolute atomic E-state index is 0.327. The van der Waals surface area contributed by atoms with Crippen LogP contribution in [0, 0.1) is 16.8 Å². The van der Waals surface area contributed by atoms with Crippen molar-refractivity contribution in [3.05, 3.63) is 58.6 Å². The average Bonchev–Trinajstić information content (AvgIpc) is 2.48. The van der Waals surface area contributed by atoms with Crippen molar-refractivity contribution in [1.29, 1.82) is 0 Å². The Hall–Kier alpha value is -2.75. The van der Waals surface area contributed by atoms with Crippen molar-refractivity contribution in [3.63, 3.8) is 0 Å². The molecule has 0 bridgehead atoms. The zero-order valence-corrected chi connectivity index (χ0v) is 10.9. The predicted molar refractivity (Wildman–Crippen MR) is 66.5 cm³/mol. The largest absolute Gasteiger partial charge is 0.759 e. The molecule has 1 heterocycles. The molecule has 1 N–H and O–H groups in total. The number of pyridine rings is 1. The maximum atomic E-state index is 13.5. The number of halogens is 5. The Morgan fingerprint density at radius 2 is 1.87 bits per heavy atom. The summed E-state index contributed by atoms with van der Waals surface area (Å²) in [4.78, 5) is 14.3. The molecular weight excluding hydrogens is 327 g/mol. The molecule has 10 heteroatoms. The molecule has 0 radical (unpaired) electrons. The van der Waals surface area contributed by atoms with Gasteiger partial charge in [0.25, 0.3) is 0 Å². The molecule has 1 amide bonds. The van der Waals surface area contributed by atoms with Crippen molar-refractivity contribution >= 4 is 5.91 Å². The van der Waals surface area contributed by atoms with E-state index < -0.39 is 46.5 Å². The first kappa shape index (κ1) is 16.6. The zero-order chi connectivity index (χ0) is 17.2. The lowest BCUT2D eigenvalue weighted by Gasteiger charge is -2.15.